The minimum absolute atomic E-state index is 0.00779. The van der Waals surface area contributed by atoms with E-state index in [9.17, 15) is 67.7 Å². The SMILES string of the molecule is CC(C)C[C@@H]1NC(=O)[C@H](CCCNC(=O)OC(C)(C)C)NC(=O)[C@H](C(C)C)NC(=O)[C@@H]2O[C@H](CNC(=O)[C@H](CC(C)C)NC(=O)[C@H](CCCNC(=O)OC(C)(C)C)NC(=O)[C@H](C(C)C)NC(=O)[C@@H]3O[C@H](CNC1=O)[C@@H](OC(=O)C(C)(C)C)[C@@H]3O)[C@@H](OC(=O)C(C)(C)C)[C@@H]2O. The Hall–Kier alpha value is -6.92. The molecule has 3 saturated heterocycles. The number of rotatable bonds is 16. The van der Waals surface area contributed by atoms with E-state index in [1.54, 1.807) is 138 Å². The predicted octanol–water partition coefficient (Wildman–Crippen LogP) is 1.33. The highest BCUT2D eigenvalue weighted by Gasteiger charge is 2.53. The van der Waals surface area contributed by atoms with Gasteiger partial charge in [0, 0.05) is 26.2 Å². The fourth-order valence-corrected chi connectivity index (χ4v) is 9.95. The number of hydrogen-bond acceptors (Lipinski definition) is 20. The van der Waals surface area contributed by atoms with Gasteiger partial charge in [-0.1, -0.05) is 55.4 Å². The first-order chi connectivity index (χ1) is 43.2. The van der Waals surface area contributed by atoms with Crippen molar-refractivity contribution in [2.45, 2.75) is 273 Å². The third-order valence-electron chi connectivity index (χ3n) is 15.0. The van der Waals surface area contributed by atoms with Gasteiger partial charge in [-0.3, -0.25) is 47.9 Å². The Kier molecular flexibility index (Phi) is 30.4. The summed E-state index contributed by atoms with van der Waals surface area (Å²) in [5.74, 6) is -10.8. The maximum absolute atomic E-state index is 14.6. The van der Waals surface area contributed by atoms with Crippen molar-refractivity contribution in [3.05, 3.63) is 0 Å². The Morgan fingerprint density at radius 1 is 0.457 bits per heavy atom. The molecule has 536 valence electrons. The largest absolute Gasteiger partial charge is 0.456 e. The van der Waals surface area contributed by atoms with Crippen LogP contribution in [0.4, 0.5) is 9.59 Å². The number of alkyl carbamates (subject to hydrolysis) is 2. The van der Waals surface area contributed by atoms with Crippen molar-refractivity contribution in [2.75, 3.05) is 26.2 Å². The Labute approximate surface area is 552 Å². The van der Waals surface area contributed by atoms with Gasteiger partial charge in [0.2, 0.25) is 35.4 Å². The zero-order valence-electron chi connectivity index (χ0n) is 58.7. The summed E-state index contributed by atoms with van der Waals surface area (Å²) in [7, 11) is 0. The van der Waals surface area contributed by atoms with E-state index in [4.69, 9.17) is 28.4 Å². The summed E-state index contributed by atoms with van der Waals surface area (Å²) in [5.41, 5.74) is -3.98. The molecule has 0 aromatic rings. The topological polar surface area (TPSA) is 421 Å². The molecular weight excluding hydrogens is 1230 g/mol. The molecule has 0 aromatic heterocycles. The molecule has 14 atom stereocenters. The molecule has 3 rings (SSSR count). The number of esters is 2. The number of amides is 10. The van der Waals surface area contributed by atoms with E-state index in [1.807, 2.05) is 0 Å². The minimum atomic E-state index is -1.90. The highest BCUT2D eigenvalue weighted by molar-refractivity contribution is 5.96. The third kappa shape index (κ3) is 26.4. The number of carbonyl (C=O) groups is 12. The van der Waals surface area contributed by atoms with Crippen molar-refractivity contribution in [1.29, 1.82) is 0 Å². The van der Waals surface area contributed by atoms with Gasteiger partial charge >= 0.3 is 24.1 Å². The molecule has 10 amide bonds. The number of ether oxygens (including phenoxy) is 6. The maximum Gasteiger partial charge on any atom is 0.407 e. The summed E-state index contributed by atoms with van der Waals surface area (Å²) >= 11 is 0. The second-order valence-electron chi connectivity index (χ2n) is 30.0. The molecular formula is C64H110N10O20. The van der Waals surface area contributed by atoms with Crippen LogP contribution < -0.4 is 53.2 Å². The average Bonchev–Trinajstić information content (AvgIpc) is 1.65. The van der Waals surface area contributed by atoms with E-state index in [0.29, 0.717) is 0 Å². The van der Waals surface area contributed by atoms with Gasteiger partial charge in [0.25, 0.3) is 11.8 Å². The van der Waals surface area contributed by atoms with Crippen LogP contribution in [0.25, 0.3) is 0 Å². The van der Waals surface area contributed by atoms with E-state index >= 15 is 0 Å². The first kappa shape index (κ1) is 81.3. The highest BCUT2D eigenvalue weighted by atomic mass is 16.6. The summed E-state index contributed by atoms with van der Waals surface area (Å²) in [4.78, 5) is 168. The molecule has 3 fully saturated rings. The van der Waals surface area contributed by atoms with Crippen molar-refractivity contribution in [1.82, 2.24) is 53.2 Å². The van der Waals surface area contributed by atoms with Crippen molar-refractivity contribution < 1.29 is 96.2 Å². The van der Waals surface area contributed by atoms with Crippen LogP contribution in [0.1, 0.15) is 177 Å². The fraction of sp³-hybridized carbons (Fsp3) is 0.812. The monoisotopic (exact) mass is 1340 g/mol. The van der Waals surface area contributed by atoms with Crippen molar-refractivity contribution in [2.24, 2.45) is 34.5 Å². The van der Waals surface area contributed by atoms with Gasteiger partial charge in [0.15, 0.2) is 24.4 Å². The average molecular weight is 1340 g/mol. The van der Waals surface area contributed by atoms with Gasteiger partial charge in [-0.05, 0) is 145 Å². The molecule has 94 heavy (non-hydrogen) atoms. The molecule has 3 aliphatic heterocycles. The molecule has 0 radical (unpaired) electrons. The van der Waals surface area contributed by atoms with Crippen LogP contribution in [0.3, 0.4) is 0 Å². The van der Waals surface area contributed by atoms with Crippen LogP contribution in [0.5, 0.6) is 0 Å². The minimum Gasteiger partial charge on any atom is -0.456 e. The molecule has 0 spiro atoms. The third-order valence-corrected chi connectivity index (χ3v) is 15.0. The van der Waals surface area contributed by atoms with E-state index in [0.717, 1.165) is 0 Å². The number of carbonyl (C=O) groups excluding carboxylic acids is 12. The fourth-order valence-electron chi connectivity index (χ4n) is 9.95. The standard InChI is InChI=1S/C64H110N10O20/c1-31(2)27-37-49(77)67-29-39-45(91-57(85)61(9,10)11)43(75)47(89-39)55(83)74-42(34(7)8)54(82)70-36(24-22-26-66-60(88)94-64(18,19)20)52(80)72-38(28-32(3)4)50(78)68-30-40-46(92-58(86)62(12,13)14)44(76)48(90-40)56(84)73-41(33(5)6)53(81)69-35(51(79)71-37)23-21-25-65-59(87)93-63(15,16)17/h31-48,75-76H,21-30H2,1-20H3,(H,65,87)(H,66,88)(H,67,77)(H,68,78)(H,69,81)(H,70,82)(H,71,79)(H,72,80)(H,73,84)(H,74,83)/t35-,36-,37-,38-,39+,40+,41-,42-,43-,44-,45+,46+,47+,48+/m0/s1. The molecule has 0 saturated carbocycles. The van der Waals surface area contributed by atoms with Gasteiger partial charge in [-0.25, -0.2) is 9.59 Å². The molecule has 12 N–H and O–H groups in total. The van der Waals surface area contributed by atoms with E-state index < -0.39 is 203 Å². The maximum atomic E-state index is 14.6. The van der Waals surface area contributed by atoms with E-state index in [1.165, 1.54) is 0 Å². The second kappa shape index (κ2) is 35.2. The number of aliphatic hydroxyl groups excluding tert-OH is 2. The van der Waals surface area contributed by atoms with Gasteiger partial charge in [-0.15, -0.1) is 0 Å². The van der Waals surface area contributed by atoms with Crippen LogP contribution >= 0.6 is 0 Å². The molecule has 0 unspecified atom stereocenters. The number of hydrogen-bond donors (Lipinski definition) is 12. The number of aliphatic hydroxyl groups is 2. The van der Waals surface area contributed by atoms with Gasteiger partial charge < -0.3 is 91.8 Å². The molecule has 3 heterocycles. The number of fused-ring (bicyclic) bond motifs is 4. The van der Waals surface area contributed by atoms with Crippen molar-refractivity contribution in [3.8, 4) is 0 Å². The van der Waals surface area contributed by atoms with Crippen LogP contribution in [-0.4, -0.2) is 204 Å². The van der Waals surface area contributed by atoms with Crippen LogP contribution in [0.15, 0.2) is 0 Å². The highest BCUT2D eigenvalue weighted by Crippen LogP contribution is 2.30. The normalized spacial score (nSPS) is 28.0. The number of nitrogens with one attached hydrogen (secondary N) is 10. The van der Waals surface area contributed by atoms with Crippen molar-refractivity contribution >= 4 is 71.4 Å². The summed E-state index contributed by atoms with van der Waals surface area (Å²) in [6.45, 7) is 31.6. The second-order valence-corrected chi connectivity index (χ2v) is 30.0. The molecule has 30 nitrogen and oxygen atoms in total. The van der Waals surface area contributed by atoms with Gasteiger partial charge in [-0.2, -0.15) is 0 Å². The lowest BCUT2D eigenvalue weighted by Crippen LogP contribution is -2.59. The lowest BCUT2D eigenvalue weighted by atomic mass is 9.96. The van der Waals surface area contributed by atoms with Crippen LogP contribution in [0.2, 0.25) is 0 Å². The molecule has 0 aliphatic carbocycles. The molecule has 30 heteroatoms. The molecule has 3 aliphatic rings. The Morgan fingerprint density at radius 3 is 1.04 bits per heavy atom. The predicted molar refractivity (Wildman–Crippen MR) is 341 cm³/mol. The lowest BCUT2D eigenvalue weighted by molar-refractivity contribution is -0.165. The molecule has 0 aromatic carbocycles. The van der Waals surface area contributed by atoms with Crippen molar-refractivity contribution in [3.63, 3.8) is 0 Å². The molecule has 4 bridgehead atoms. The zero-order valence-corrected chi connectivity index (χ0v) is 58.7. The Bertz CT molecular complexity index is 2470. The summed E-state index contributed by atoms with van der Waals surface area (Å²) < 4.78 is 34.5. The first-order valence-corrected chi connectivity index (χ1v) is 32.6. The van der Waals surface area contributed by atoms with Crippen LogP contribution in [-0.2, 0) is 76.4 Å². The quantitative estimate of drug-likeness (QED) is 0.0589. The Morgan fingerprint density at radius 2 is 0.766 bits per heavy atom. The Balaban J connectivity index is 2.25. The van der Waals surface area contributed by atoms with Crippen LogP contribution in [0, 0.1) is 34.5 Å². The first-order valence-electron chi connectivity index (χ1n) is 32.6. The zero-order chi connectivity index (χ0) is 71.7. The van der Waals surface area contributed by atoms with Gasteiger partial charge in [0.1, 0.15) is 71.9 Å². The van der Waals surface area contributed by atoms with E-state index in [2.05, 4.69) is 53.2 Å². The smallest absolute Gasteiger partial charge is 0.407 e. The summed E-state index contributed by atoms with van der Waals surface area (Å²) in [6.07, 6.45) is -15.2. The summed E-state index contributed by atoms with van der Waals surface area (Å²) in [5, 5.41) is 50.3. The van der Waals surface area contributed by atoms with E-state index in [-0.39, 0.29) is 63.5 Å². The van der Waals surface area contributed by atoms with Gasteiger partial charge in [0.05, 0.1) is 10.8 Å². The summed E-state index contributed by atoms with van der Waals surface area (Å²) in [6, 6.07) is -8.50. The lowest BCUT2D eigenvalue weighted by Gasteiger charge is -2.28.